The van der Waals surface area contributed by atoms with Crippen LogP contribution in [0.15, 0.2) is 22.6 Å². The molecule has 3 rings (SSSR count). The van der Waals surface area contributed by atoms with Gasteiger partial charge in [-0.1, -0.05) is 36.9 Å². The molecule has 0 radical (unpaired) electrons. The molecule has 102 valence electrons. The van der Waals surface area contributed by atoms with Crippen molar-refractivity contribution in [3.63, 3.8) is 0 Å². The second-order valence-electron chi connectivity index (χ2n) is 5.64. The molecule has 0 saturated heterocycles. The van der Waals surface area contributed by atoms with Crippen LogP contribution in [-0.4, -0.2) is 11.5 Å². The molecule has 2 N–H and O–H groups in total. The van der Waals surface area contributed by atoms with E-state index in [1.807, 2.05) is 18.2 Å². The molecule has 1 aromatic carbocycles. The fraction of sp³-hybridized carbons (Fsp3) is 0.533. The summed E-state index contributed by atoms with van der Waals surface area (Å²) in [5.74, 6) is 0.774. The fourth-order valence-electron chi connectivity index (χ4n) is 3.11. The lowest BCUT2D eigenvalue weighted by molar-refractivity contribution is 0.184. The molecule has 0 atom stereocenters. The minimum atomic E-state index is 0.172. The number of fused-ring (bicyclic) bond motifs is 1. The van der Waals surface area contributed by atoms with Crippen LogP contribution in [-0.2, 0) is 6.42 Å². The van der Waals surface area contributed by atoms with E-state index in [2.05, 4.69) is 4.98 Å². The van der Waals surface area contributed by atoms with E-state index in [-0.39, 0.29) is 5.41 Å². The number of benzene rings is 1. The molecule has 0 amide bonds. The predicted octanol–water partition coefficient (Wildman–Crippen LogP) is 3.93. The second kappa shape index (κ2) is 5.14. The number of hydrogen-bond acceptors (Lipinski definition) is 3. The van der Waals surface area contributed by atoms with E-state index in [9.17, 15) is 0 Å². The van der Waals surface area contributed by atoms with Gasteiger partial charge in [0, 0.05) is 6.42 Å². The first kappa shape index (κ1) is 12.9. The van der Waals surface area contributed by atoms with Gasteiger partial charge in [0.25, 0.3) is 0 Å². The molecule has 1 saturated carbocycles. The van der Waals surface area contributed by atoms with Crippen LogP contribution in [0.5, 0.6) is 0 Å². The molecule has 1 aromatic heterocycles. The van der Waals surface area contributed by atoms with Crippen molar-refractivity contribution < 1.29 is 4.42 Å². The Morgan fingerprint density at radius 2 is 2.05 bits per heavy atom. The molecule has 2 aromatic rings. The van der Waals surface area contributed by atoms with E-state index in [4.69, 9.17) is 21.8 Å². The summed E-state index contributed by atoms with van der Waals surface area (Å²) >= 11 is 6.12. The van der Waals surface area contributed by atoms with Gasteiger partial charge in [-0.2, -0.15) is 0 Å². The lowest BCUT2D eigenvalue weighted by Gasteiger charge is -2.35. The van der Waals surface area contributed by atoms with Crippen molar-refractivity contribution in [2.45, 2.75) is 38.5 Å². The summed E-state index contributed by atoms with van der Waals surface area (Å²) in [6.45, 7) is 0.708. The normalized spacial score (nSPS) is 18.8. The van der Waals surface area contributed by atoms with E-state index in [0.29, 0.717) is 17.2 Å². The van der Waals surface area contributed by atoms with Gasteiger partial charge in [-0.05, 0) is 36.9 Å². The van der Waals surface area contributed by atoms with E-state index < -0.39 is 0 Å². The highest BCUT2D eigenvalue weighted by molar-refractivity contribution is 6.34. The number of nitrogens with two attached hydrogens (primary N) is 1. The van der Waals surface area contributed by atoms with Crippen molar-refractivity contribution in [1.29, 1.82) is 0 Å². The summed E-state index contributed by atoms with van der Waals surface area (Å²) in [6, 6.07) is 5.67. The molecular formula is C15H19ClN2O. The molecule has 1 aliphatic rings. The number of nitrogens with zero attached hydrogens (tertiary/aromatic N) is 1. The summed E-state index contributed by atoms with van der Waals surface area (Å²) in [4.78, 5) is 4.55. The first-order chi connectivity index (χ1) is 9.22. The van der Waals surface area contributed by atoms with Crippen molar-refractivity contribution in [3.8, 4) is 0 Å². The highest BCUT2D eigenvalue weighted by Gasteiger charge is 2.32. The fourth-order valence-corrected chi connectivity index (χ4v) is 3.32. The molecular weight excluding hydrogens is 260 g/mol. The van der Waals surface area contributed by atoms with Gasteiger partial charge in [0.1, 0.15) is 5.52 Å². The maximum absolute atomic E-state index is 6.12. The average molecular weight is 279 g/mol. The van der Waals surface area contributed by atoms with Crippen molar-refractivity contribution in [1.82, 2.24) is 4.98 Å². The lowest BCUT2D eigenvalue weighted by atomic mass is 9.72. The molecule has 1 aliphatic carbocycles. The number of halogens is 1. The number of para-hydroxylation sites is 1. The first-order valence-corrected chi connectivity index (χ1v) is 7.34. The van der Waals surface area contributed by atoms with Crippen LogP contribution < -0.4 is 5.73 Å². The Labute approximate surface area is 118 Å². The van der Waals surface area contributed by atoms with Gasteiger partial charge in [-0.15, -0.1) is 0 Å². The molecule has 0 spiro atoms. The van der Waals surface area contributed by atoms with E-state index in [1.54, 1.807) is 0 Å². The van der Waals surface area contributed by atoms with Gasteiger partial charge in [0.15, 0.2) is 11.5 Å². The third kappa shape index (κ3) is 2.49. The van der Waals surface area contributed by atoms with Crippen molar-refractivity contribution in [2.75, 3.05) is 6.54 Å². The third-order valence-corrected chi connectivity index (χ3v) is 4.58. The summed E-state index contributed by atoms with van der Waals surface area (Å²) in [7, 11) is 0. The highest BCUT2D eigenvalue weighted by Crippen LogP contribution is 2.39. The molecule has 1 fully saturated rings. The predicted molar refractivity (Wildman–Crippen MR) is 77.3 cm³/mol. The molecule has 0 bridgehead atoms. The number of oxazole rings is 1. The minimum absolute atomic E-state index is 0.172. The average Bonchev–Trinajstić information content (AvgIpc) is 2.83. The zero-order valence-corrected chi connectivity index (χ0v) is 11.7. The summed E-state index contributed by atoms with van der Waals surface area (Å²) < 4.78 is 5.83. The Morgan fingerprint density at radius 1 is 1.26 bits per heavy atom. The van der Waals surface area contributed by atoms with E-state index in [0.717, 1.165) is 17.8 Å². The Hall–Kier alpha value is -1.06. The maximum Gasteiger partial charge on any atom is 0.196 e. The van der Waals surface area contributed by atoms with Gasteiger partial charge >= 0.3 is 0 Å². The number of hydrogen-bond donors (Lipinski definition) is 1. The Morgan fingerprint density at radius 3 is 2.74 bits per heavy atom. The monoisotopic (exact) mass is 278 g/mol. The summed E-state index contributed by atoms with van der Waals surface area (Å²) in [5.41, 5.74) is 7.72. The van der Waals surface area contributed by atoms with Crippen LogP contribution in [0.1, 0.15) is 38.0 Å². The standard InChI is InChI=1S/C15H19ClN2O/c16-11-5-4-6-12-14(11)19-13(18-12)9-15(10-17)7-2-1-3-8-15/h4-6H,1-3,7-10,17H2. The van der Waals surface area contributed by atoms with Crippen molar-refractivity contribution in [2.24, 2.45) is 11.1 Å². The Kier molecular flexibility index (Phi) is 3.50. The maximum atomic E-state index is 6.12. The van der Waals surface area contributed by atoms with Gasteiger partial charge in [0.2, 0.25) is 0 Å². The Bertz CT molecular complexity index is 573. The van der Waals surface area contributed by atoms with Crippen molar-refractivity contribution in [3.05, 3.63) is 29.1 Å². The molecule has 0 unspecified atom stereocenters. The molecule has 4 heteroatoms. The highest BCUT2D eigenvalue weighted by atomic mass is 35.5. The smallest absolute Gasteiger partial charge is 0.196 e. The SMILES string of the molecule is NCC1(Cc2nc3cccc(Cl)c3o2)CCCCC1. The largest absolute Gasteiger partial charge is 0.439 e. The van der Waals surface area contributed by atoms with E-state index >= 15 is 0 Å². The Balaban J connectivity index is 1.89. The van der Waals surface area contributed by atoms with Crippen LogP contribution >= 0.6 is 11.6 Å². The summed E-state index contributed by atoms with van der Waals surface area (Å²) in [5, 5.41) is 0.627. The first-order valence-electron chi connectivity index (χ1n) is 6.96. The van der Waals surface area contributed by atoms with Crippen LogP contribution in [0.2, 0.25) is 5.02 Å². The zero-order chi connectivity index (χ0) is 13.3. The second-order valence-corrected chi connectivity index (χ2v) is 6.04. The zero-order valence-electron chi connectivity index (χ0n) is 11.0. The quantitative estimate of drug-likeness (QED) is 0.925. The number of aromatic nitrogens is 1. The molecule has 0 aliphatic heterocycles. The van der Waals surface area contributed by atoms with E-state index in [1.165, 1.54) is 32.1 Å². The van der Waals surface area contributed by atoms with Gasteiger partial charge in [-0.25, -0.2) is 4.98 Å². The van der Waals surface area contributed by atoms with Crippen LogP contribution in [0.3, 0.4) is 0 Å². The van der Waals surface area contributed by atoms with Crippen LogP contribution in [0, 0.1) is 5.41 Å². The van der Waals surface area contributed by atoms with Crippen molar-refractivity contribution >= 4 is 22.7 Å². The van der Waals surface area contributed by atoms with Gasteiger partial charge < -0.3 is 10.2 Å². The lowest BCUT2D eigenvalue weighted by Crippen LogP contribution is -2.35. The minimum Gasteiger partial charge on any atom is -0.439 e. The van der Waals surface area contributed by atoms with Gasteiger partial charge in [0.05, 0.1) is 5.02 Å². The molecule has 3 nitrogen and oxygen atoms in total. The van der Waals surface area contributed by atoms with Crippen LogP contribution in [0.4, 0.5) is 0 Å². The van der Waals surface area contributed by atoms with Crippen LogP contribution in [0.25, 0.3) is 11.1 Å². The number of rotatable bonds is 3. The third-order valence-electron chi connectivity index (χ3n) is 4.28. The summed E-state index contributed by atoms with van der Waals surface area (Å²) in [6.07, 6.45) is 7.03. The topological polar surface area (TPSA) is 52.0 Å². The molecule has 1 heterocycles. The molecule has 19 heavy (non-hydrogen) atoms. The van der Waals surface area contributed by atoms with Gasteiger partial charge in [-0.3, -0.25) is 0 Å².